The number of nitro groups is 1. The van der Waals surface area contributed by atoms with Gasteiger partial charge >= 0.3 is 0 Å². The molecule has 31 heavy (non-hydrogen) atoms. The molecule has 9 heteroatoms. The number of rotatable bonds is 4. The zero-order valence-electron chi connectivity index (χ0n) is 15.8. The molecule has 2 N–H and O–H groups in total. The van der Waals surface area contributed by atoms with E-state index < -0.39 is 17.0 Å². The van der Waals surface area contributed by atoms with Crippen LogP contribution in [-0.4, -0.2) is 15.9 Å². The molecule has 1 aliphatic heterocycles. The molecule has 0 saturated carbocycles. The minimum atomic E-state index is -0.665. The first kappa shape index (κ1) is 20.7. The molecule has 0 aromatic heterocycles. The number of nitrogens with one attached hydrogen (secondary N) is 1. The first-order chi connectivity index (χ1) is 14.9. The van der Waals surface area contributed by atoms with Gasteiger partial charge in [-0.05, 0) is 17.7 Å². The van der Waals surface area contributed by atoms with Gasteiger partial charge in [-0.3, -0.25) is 19.8 Å². The van der Waals surface area contributed by atoms with Crippen LogP contribution in [0.15, 0.2) is 72.4 Å². The van der Waals surface area contributed by atoms with Crippen molar-refractivity contribution in [3.63, 3.8) is 0 Å². The van der Waals surface area contributed by atoms with Gasteiger partial charge in [0, 0.05) is 17.7 Å². The highest BCUT2D eigenvalue weighted by atomic mass is 35.5. The summed E-state index contributed by atoms with van der Waals surface area (Å²) in [5.41, 5.74) is 1.29. The summed E-state index contributed by atoms with van der Waals surface area (Å²) < 4.78 is 0. The van der Waals surface area contributed by atoms with Crippen LogP contribution in [-0.2, 0) is 4.79 Å². The molecule has 7 nitrogen and oxygen atoms in total. The Morgan fingerprint density at radius 3 is 2.26 bits per heavy atom. The lowest BCUT2D eigenvalue weighted by atomic mass is 10.1. The minimum Gasteiger partial charge on any atom is -0.507 e. The van der Waals surface area contributed by atoms with Gasteiger partial charge in [-0.1, -0.05) is 71.7 Å². The Morgan fingerprint density at radius 2 is 1.65 bits per heavy atom. The second-order valence-corrected chi connectivity index (χ2v) is 7.58. The van der Waals surface area contributed by atoms with Crippen molar-refractivity contribution < 1.29 is 14.8 Å². The highest BCUT2D eigenvalue weighted by Crippen LogP contribution is 2.43. The van der Waals surface area contributed by atoms with E-state index in [4.69, 9.17) is 23.2 Å². The molecule has 0 bridgehead atoms. The van der Waals surface area contributed by atoms with Crippen molar-refractivity contribution in [1.29, 1.82) is 0 Å². The number of aromatic hydroxyl groups is 1. The monoisotopic (exact) mass is 455 g/mol. The third-order valence-electron chi connectivity index (χ3n) is 4.80. The zero-order chi connectivity index (χ0) is 22.1. The molecule has 1 aliphatic rings. The predicted molar refractivity (Wildman–Crippen MR) is 119 cm³/mol. The quantitative estimate of drug-likeness (QED) is 0.316. The Kier molecular flexibility index (Phi) is 5.54. The van der Waals surface area contributed by atoms with Crippen molar-refractivity contribution in [2.75, 3.05) is 4.90 Å². The molecule has 156 valence electrons. The van der Waals surface area contributed by atoms with Crippen LogP contribution >= 0.6 is 23.2 Å². The second kappa shape index (κ2) is 8.29. The number of carbonyl (C=O) groups excluding carboxylic acids is 1. The van der Waals surface area contributed by atoms with Gasteiger partial charge in [-0.2, -0.15) is 0 Å². The van der Waals surface area contributed by atoms with E-state index >= 15 is 0 Å². The summed E-state index contributed by atoms with van der Waals surface area (Å²) in [6, 6.07) is 18.1. The highest BCUT2D eigenvalue weighted by molar-refractivity contribution is 6.40. The third-order valence-corrected chi connectivity index (χ3v) is 5.38. The van der Waals surface area contributed by atoms with Gasteiger partial charge in [-0.15, -0.1) is 0 Å². The maximum Gasteiger partial charge on any atom is 0.276 e. The molecule has 1 amide bonds. The number of phenolic OH excluding ortho intramolecular Hbond substituents is 1. The van der Waals surface area contributed by atoms with E-state index in [-0.39, 0.29) is 32.9 Å². The smallest absolute Gasteiger partial charge is 0.276 e. The van der Waals surface area contributed by atoms with E-state index in [9.17, 15) is 20.0 Å². The molecule has 0 radical (unpaired) electrons. The minimum absolute atomic E-state index is 0.0192. The number of para-hydroxylation sites is 1. The Labute approximate surface area is 187 Å². The number of benzene rings is 3. The average Bonchev–Trinajstić information content (AvgIpc) is 3.06. The standard InChI is InChI=1S/C22H15Cl2N3O4/c23-16-11-15(27(30)31)12-17(24)20(16)26-21(13-6-2-1-3-7-13)25-18(22(26)29)10-14-8-4-5-9-19(14)28/h1-12,21,25,28H/b18-10-. The maximum absolute atomic E-state index is 13.4. The molecule has 1 heterocycles. The van der Waals surface area contributed by atoms with Gasteiger partial charge in [0.2, 0.25) is 0 Å². The topological polar surface area (TPSA) is 95.7 Å². The molecular weight excluding hydrogens is 441 g/mol. The molecule has 1 saturated heterocycles. The number of carbonyl (C=O) groups is 1. The number of amides is 1. The van der Waals surface area contributed by atoms with Gasteiger partial charge in [0.25, 0.3) is 11.6 Å². The fourth-order valence-electron chi connectivity index (χ4n) is 3.38. The van der Waals surface area contributed by atoms with E-state index in [0.717, 1.165) is 17.7 Å². The van der Waals surface area contributed by atoms with E-state index in [1.54, 1.807) is 18.2 Å². The Bertz CT molecular complexity index is 1190. The molecule has 1 unspecified atom stereocenters. The van der Waals surface area contributed by atoms with E-state index in [0.29, 0.717) is 5.56 Å². The maximum atomic E-state index is 13.4. The summed E-state index contributed by atoms with van der Waals surface area (Å²) in [4.78, 5) is 25.3. The second-order valence-electron chi connectivity index (χ2n) is 6.76. The lowest BCUT2D eigenvalue weighted by Crippen LogP contribution is -2.30. The largest absolute Gasteiger partial charge is 0.507 e. The van der Waals surface area contributed by atoms with Crippen LogP contribution in [0.25, 0.3) is 6.08 Å². The van der Waals surface area contributed by atoms with Gasteiger partial charge in [0.05, 0.1) is 20.7 Å². The molecule has 4 rings (SSSR count). The summed E-state index contributed by atoms with van der Waals surface area (Å²) in [6.45, 7) is 0. The van der Waals surface area contributed by atoms with Crippen LogP contribution in [0, 0.1) is 10.1 Å². The summed E-state index contributed by atoms with van der Waals surface area (Å²) in [5, 5.41) is 24.3. The van der Waals surface area contributed by atoms with Gasteiger partial charge in [0.15, 0.2) is 0 Å². The Morgan fingerprint density at radius 1 is 1.03 bits per heavy atom. The lowest BCUT2D eigenvalue weighted by Gasteiger charge is -2.25. The van der Waals surface area contributed by atoms with Crippen LogP contribution in [0.4, 0.5) is 11.4 Å². The van der Waals surface area contributed by atoms with Crippen molar-refractivity contribution in [3.05, 3.63) is 104 Å². The fourth-order valence-corrected chi connectivity index (χ4v) is 4.03. The van der Waals surface area contributed by atoms with Gasteiger partial charge < -0.3 is 10.4 Å². The number of nitro benzene ring substituents is 1. The van der Waals surface area contributed by atoms with Crippen molar-refractivity contribution in [1.82, 2.24) is 5.32 Å². The van der Waals surface area contributed by atoms with Crippen molar-refractivity contribution in [3.8, 4) is 5.75 Å². The molecule has 1 fully saturated rings. The number of hydrogen-bond acceptors (Lipinski definition) is 5. The summed E-state index contributed by atoms with van der Waals surface area (Å²) >= 11 is 12.7. The van der Waals surface area contributed by atoms with Crippen LogP contribution < -0.4 is 10.2 Å². The molecule has 0 spiro atoms. The van der Waals surface area contributed by atoms with E-state index in [1.165, 1.54) is 17.0 Å². The number of anilines is 1. The number of hydrogen-bond donors (Lipinski definition) is 2. The summed E-state index contributed by atoms with van der Waals surface area (Å²) in [6.07, 6.45) is 0.864. The van der Waals surface area contributed by atoms with Crippen molar-refractivity contribution in [2.24, 2.45) is 0 Å². The first-order valence-electron chi connectivity index (χ1n) is 9.15. The molecule has 3 aromatic carbocycles. The first-order valence-corrected chi connectivity index (χ1v) is 9.90. The van der Waals surface area contributed by atoms with Gasteiger partial charge in [-0.25, -0.2) is 0 Å². The lowest BCUT2D eigenvalue weighted by molar-refractivity contribution is -0.384. The summed E-state index contributed by atoms with van der Waals surface area (Å²) in [5.74, 6) is -0.430. The van der Waals surface area contributed by atoms with Crippen LogP contribution in [0.3, 0.4) is 0 Å². The number of nitrogens with zero attached hydrogens (tertiary/aromatic N) is 2. The van der Waals surface area contributed by atoms with E-state index in [1.807, 2.05) is 30.3 Å². The zero-order valence-corrected chi connectivity index (χ0v) is 17.3. The van der Waals surface area contributed by atoms with Crippen molar-refractivity contribution in [2.45, 2.75) is 6.17 Å². The molecule has 0 aliphatic carbocycles. The van der Waals surface area contributed by atoms with Gasteiger partial charge in [0.1, 0.15) is 17.6 Å². The fraction of sp³-hybridized carbons (Fsp3) is 0.0455. The normalized spacial score (nSPS) is 17.1. The number of phenols is 1. The predicted octanol–water partition coefficient (Wildman–Crippen LogP) is 5.28. The number of halogens is 2. The Hall–Kier alpha value is -3.55. The molecule has 1 atom stereocenters. The number of non-ortho nitro benzene ring substituents is 1. The van der Waals surface area contributed by atoms with Crippen LogP contribution in [0.2, 0.25) is 10.0 Å². The third kappa shape index (κ3) is 3.93. The summed E-state index contributed by atoms with van der Waals surface area (Å²) in [7, 11) is 0. The Balaban J connectivity index is 1.86. The molecule has 3 aromatic rings. The molecular formula is C22H15Cl2N3O4. The van der Waals surface area contributed by atoms with Crippen LogP contribution in [0.1, 0.15) is 17.3 Å². The highest BCUT2D eigenvalue weighted by Gasteiger charge is 2.39. The van der Waals surface area contributed by atoms with Crippen LogP contribution in [0.5, 0.6) is 5.75 Å². The SMILES string of the molecule is O=C1/C(=C/c2ccccc2O)NC(c2ccccc2)N1c1c(Cl)cc([N+](=O)[O-])cc1Cl. The average molecular weight is 456 g/mol. The van der Waals surface area contributed by atoms with E-state index in [2.05, 4.69) is 5.32 Å². The van der Waals surface area contributed by atoms with Crippen molar-refractivity contribution >= 4 is 46.6 Å².